The van der Waals surface area contributed by atoms with E-state index in [2.05, 4.69) is 10.4 Å². The molecule has 0 bridgehead atoms. The maximum Gasteiger partial charge on any atom is 0.417 e. The molecule has 0 saturated heterocycles. The lowest BCUT2D eigenvalue weighted by Gasteiger charge is -2.19. The van der Waals surface area contributed by atoms with Crippen molar-refractivity contribution in [2.24, 2.45) is 0 Å². The minimum absolute atomic E-state index is 0. The first kappa shape index (κ1) is 29.2. The largest absolute Gasteiger partial charge is 0.491 e. The molecule has 1 amide bonds. The molecule has 1 N–H and O–H groups in total. The normalized spacial score (nSPS) is 11.2. The highest BCUT2D eigenvalue weighted by molar-refractivity contribution is 6.35. The Labute approximate surface area is 207 Å². The van der Waals surface area contributed by atoms with E-state index in [1.807, 2.05) is 13.8 Å². The van der Waals surface area contributed by atoms with Gasteiger partial charge in [-0.1, -0.05) is 50.0 Å². The van der Waals surface area contributed by atoms with Crippen LogP contribution in [-0.2, 0) is 11.0 Å². The third kappa shape index (κ3) is 7.84. The Morgan fingerprint density at radius 2 is 1.70 bits per heavy atom. The van der Waals surface area contributed by atoms with Crippen molar-refractivity contribution in [3.05, 3.63) is 45.9 Å². The van der Waals surface area contributed by atoms with Crippen molar-refractivity contribution in [2.75, 3.05) is 26.2 Å². The summed E-state index contributed by atoms with van der Waals surface area (Å²) < 4.78 is 46.7. The first-order valence-electron chi connectivity index (χ1n) is 10.1. The molecule has 0 atom stereocenters. The molecule has 11 heteroatoms. The van der Waals surface area contributed by atoms with Crippen molar-refractivity contribution in [3.8, 4) is 22.6 Å². The molecule has 0 aliphatic heterocycles. The summed E-state index contributed by atoms with van der Waals surface area (Å²) in [5.74, 6) is -0.209. The van der Waals surface area contributed by atoms with Crippen molar-refractivity contribution in [3.63, 3.8) is 0 Å². The number of nitrogens with one attached hydrogen (secondary N) is 1. The minimum atomic E-state index is -4.67. The van der Waals surface area contributed by atoms with Crippen LogP contribution in [-0.4, -0.2) is 37.0 Å². The molecule has 0 aromatic heterocycles. The lowest BCUT2D eigenvalue weighted by molar-refractivity contribution is -0.137. The lowest BCUT2D eigenvalue weighted by Crippen LogP contribution is -2.27. The lowest BCUT2D eigenvalue weighted by atomic mass is 9.98. The molecule has 2 aromatic carbocycles. The van der Waals surface area contributed by atoms with Crippen LogP contribution in [0.4, 0.5) is 13.2 Å². The Balaban J connectivity index is 0.00000544. The highest BCUT2D eigenvalue weighted by Gasteiger charge is 2.36. The second kappa shape index (κ2) is 13.1. The number of nitrogens with zero attached hydrogens (tertiary/aromatic N) is 1. The Morgan fingerprint density at radius 1 is 1.06 bits per heavy atom. The van der Waals surface area contributed by atoms with Gasteiger partial charge in [0.05, 0.1) is 15.6 Å². The number of ether oxygens (including phenoxy) is 1. The van der Waals surface area contributed by atoms with E-state index in [0.29, 0.717) is 18.9 Å². The SMILES string of the molecule is CCC(=O)NOc1ccc(C(F)(F)F)c(-c2ccc(OCCN(CC)CC)c(Cl)c2)c1Cl.Cl. The smallest absolute Gasteiger partial charge is 0.417 e. The van der Waals surface area contributed by atoms with Crippen LogP contribution in [0.1, 0.15) is 32.8 Å². The van der Waals surface area contributed by atoms with E-state index >= 15 is 0 Å². The summed E-state index contributed by atoms with van der Waals surface area (Å²) in [6.07, 6.45) is -4.54. The van der Waals surface area contributed by atoms with E-state index in [1.165, 1.54) is 18.2 Å². The van der Waals surface area contributed by atoms with Crippen LogP contribution >= 0.6 is 35.6 Å². The van der Waals surface area contributed by atoms with Gasteiger partial charge in [-0.2, -0.15) is 18.7 Å². The second-order valence-corrected chi connectivity index (χ2v) is 7.58. The van der Waals surface area contributed by atoms with Crippen molar-refractivity contribution in [1.82, 2.24) is 10.4 Å². The van der Waals surface area contributed by atoms with Gasteiger partial charge in [0, 0.05) is 18.5 Å². The summed E-state index contributed by atoms with van der Waals surface area (Å²) in [4.78, 5) is 18.7. The number of halogens is 6. The van der Waals surface area contributed by atoms with E-state index in [4.69, 9.17) is 32.8 Å². The number of carbonyl (C=O) groups is 1. The molecule has 0 fully saturated rings. The van der Waals surface area contributed by atoms with Gasteiger partial charge in [-0.15, -0.1) is 12.4 Å². The van der Waals surface area contributed by atoms with Crippen LogP contribution in [0, 0.1) is 0 Å². The van der Waals surface area contributed by atoms with Gasteiger partial charge in [-0.3, -0.25) is 4.79 Å². The zero-order chi connectivity index (χ0) is 23.9. The Kier molecular flexibility index (Phi) is 11.6. The maximum atomic E-state index is 13.7. The number of rotatable bonds is 10. The topological polar surface area (TPSA) is 50.8 Å². The number of hydrogen-bond donors (Lipinski definition) is 1. The van der Waals surface area contributed by atoms with Crippen LogP contribution in [0.15, 0.2) is 30.3 Å². The summed E-state index contributed by atoms with van der Waals surface area (Å²) in [5.41, 5.74) is 1.01. The first-order valence-corrected chi connectivity index (χ1v) is 10.9. The van der Waals surface area contributed by atoms with Crippen molar-refractivity contribution in [1.29, 1.82) is 0 Å². The standard InChI is InChI=1S/C22H25Cl2F3N2O3.ClH/c1-4-19(30)28-32-18-10-8-15(22(25,26)27)20(21(18)24)14-7-9-17(16(23)13-14)31-12-11-29(5-2)6-3;/h7-10,13H,4-6,11-12H2,1-3H3,(H,28,30);1H. The van der Waals surface area contributed by atoms with Crippen LogP contribution in [0.5, 0.6) is 11.5 Å². The van der Waals surface area contributed by atoms with Gasteiger partial charge in [0.1, 0.15) is 12.4 Å². The first-order chi connectivity index (χ1) is 15.1. The Bertz CT molecular complexity index is 939. The zero-order valence-corrected chi connectivity index (χ0v) is 20.7. The summed E-state index contributed by atoms with van der Waals surface area (Å²) in [6, 6.07) is 6.21. The summed E-state index contributed by atoms with van der Waals surface area (Å²) >= 11 is 12.6. The van der Waals surface area contributed by atoms with Crippen molar-refractivity contribution in [2.45, 2.75) is 33.4 Å². The fourth-order valence-electron chi connectivity index (χ4n) is 2.94. The average Bonchev–Trinajstić information content (AvgIpc) is 2.75. The number of benzene rings is 2. The predicted octanol–water partition coefficient (Wildman–Crippen LogP) is 6.64. The number of carbonyl (C=O) groups excluding carboxylic acids is 1. The molecule has 0 radical (unpaired) electrons. The number of amides is 1. The molecule has 0 aliphatic carbocycles. The molecule has 33 heavy (non-hydrogen) atoms. The van der Waals surface area contributed by atoms with Crippen LogP contribution in [0.3, 0.4) is 0 Å². The van der Waals surface area contributed by atoms with Gasteiger partial charge in [0.15, 0.2) is 5.75 Å². The van der Waals surface area contributed by atoms with Crippen LogP contribution in [0.25, 0.3) is 11.1 Å². The van der Waals surface area contributed by atoms with E-state index in [9.17, 15) is 18.0 Å². The molecular formula is C22H26Cl3F3N2O3. The molecule has 2 aromatic rings. The van der Waals surface area contributed by atoms with Crippen molar-refractivity contribution < 1.29 is 27.5 Å². The van der Waals surface area contributed by atoms with Gasteiger partial charge in [-0.05, 0) is 42.9 Å². The average molecular weight is 530 g/mol. The number of hydrogen-bond acceptors (Lipinski definition) is 4. The monoisotopic (exact) mass is 528 g/mol. The maximum absolute atomic E-state index is 13.7. The molecule has 2 rings (SSSR count). The fourth-order valence-corrected chi connectivity index (χ4v) is 3.48. The number of alkyl halides is 3. The van der Waals surface area contributed by atoms with Crippen molar-refractivity contribution >= 4 is 41.5 Å². The minimum Gasteiger partial charge on any atom is -0.491 e. The van der Waals surface area contributed by atoms with E-state index in [-0.39, 0.29) is 45.7 Å². The number of hydroxylamine groups is 1. The third-order valence-electron chi connectivity index (χ3n) is 4.79. The second-order valence-electron chi connectivity index (χ2n) is 6.80. The molecule has 5 nitrogen and oxygen atoms in total. The zero-order valence-electron chi connectivity index (χ0n) is 18.4. The predicted molar refractivity (Wildman–Crippen MR) is 126 cm³/mol. The van der Waals surface area contributed by atoms with E-state index < -0.39 is 17.6 Å². The van der Waals surface area contributed by atoms with Gasteiger partial charge in [0.25, 0.3) is 5.91 Å². The molecule has 0 aliphatic rings. The molecular weight excluding hydrogens is 504 g/mol. The van der Waals surface area contributed by atoms with Crippen LogP contribution in [0.2, 0.25) is 10.0 Å². The third-order valence-corrected chi connectivity index (χ3v) is 5.46. The summed E-state index contributed by atoms with van der Waals surface area (Å²) in [5, 5.41) is -0.153. The molecule has 184 valence electrons. The van der Waals surface area contributed by atoms with Gasteiger partial charge < -0.3 is 14.5 Å². The number of likely N-dealkylation sites (N-methyl/N-ethyl adjacent to an activating group) is 1. The fraction of sp³-hybridized carbons (Fsp3) is 0.409. The van der Waals surface area contributed by atoms with Gasteiger partial charge in [-0.25, -0.2) is 0 Å². The Hall–Kier alpha value is -1.87. The highest BCUT2D eigenvalue weighted by atomic mass is 35.5. The van der Waals surface area contributed by atoms with Crippen LogP contribution < -0.4 is 15.1 Å². The Morgan fingerprint density at radius 3 is 2.24 bits per heavy atom. The summed E-state index contributed by atoms with van der Waals surface area (Å²) in [7, 11) is 0. The molecule has 0 saturated carbocycles. The quantitative estimate of drug-likeness (QED) is 0.351. The van der Waals surface area contributed by atoms with E-state index in [0.717, 1.165) is 25.2 Å². The highest BCUT2D eigenvalue weighted by Crippen LogP contribution is 2.45. The molecule has 0 spiro atoms. The molecule has 0 heterocycles. The van der Waals surface area contributed by atoms with E-state index in [1.54, 1.807) is 6.92 Å². The van der Waals surface area contributed by atoms with Gasteiger partial charge >= 0.3 is 6.18 Å². The molecule has 0 unspecified atom stereocenters. The van der Waals surface area contributed by atoms with Gasteiger partial charge in [0.2, 0.25) is 0 Å². The summed E-state index contributed by atoms with van der Waals surface area (Å²) in [6.45, 7) is 8.52.